The first-order valence-electron chi connectivity index (χ1n) is 17.7. The highest BCUT2D eigenvalue weighted by Crippen LogP contribution is 2.20. The summed E-state index contributed by atoms with van der Waals surface area (Å²) in [5.74, 6) is -1.30. The lowest BCUT2D eigenvalue weighted by molar-refractivity contribution is -0.124. The number of ether oxygens (including phenoxy) is 1. The third-order valence-corrected chi connectivity index (χ3v) is 8.63. The number of β-amino-alcohol motifs (C(OH)–C–C–N with tert-alkyl or cyclic N) is 1. The van der Waals surface area contributed by atoms with Crippen LogP contribution in [0, 0.1) is 11.3 Å². The van der Waals surface area contributed by atoms with Gasteiger partial charge in [0.15, 0.2) is 0 Å². The second-order valence-electron chi connectivity index (χ2n) is 15.4. The first kappa shape index (κ1) is 39.8. The van der Waals surface area contributed by atoms with Crippen LogP contribution in [0.1, 0.15) is 70.3 Å². The van der Waals surface area contributed by atoms with E-state index < -0.39 is 53.3 Å². The van der Waals surface area contributed by atoms with Gasteiger partial charge in [-0.1, -0.05) is 60.7 Å². The lowest BCUT2D eigenvalue weighted by atomic mass is 9.98. The minimum absolute atomic E-state index is 0.0735. The summed E-state index contributed by atoms with van der Waals surface area (Å²) in [5.41, 5.74) is 0.0579. The van der Waals surface area contributed by atoms with Crippen LogP contribution in [0.15, 0.2) is 72.8 Å². The van der Waals surface area contributed by atoms with Gasteiger partial charge in [0.25, 0.3) is 5.91 Å². The van der Waals surface area contributed by atoms with Crippen molar-refractivity contribution in [2.45, 2.75) is 96.2 Å². The number of carbonyl (C=O) groups is 4. The molecule has 1 heterocycles. The zero-order valence-electron chi connectivity index (χ0n) is 31.0. The summed E-state index contributed by atoms with van der Waals surface area (Å²) in [6.45, 7) is 12.0. The number of benzene rings is 3. The number of carbonyl (C=O) groups excluding carboxylic acids is 4. The third-order valence-electron chi connectivity index (χ3n) is 8.63. The van der Waals surface area contributed by atoms with Crippen molar-refractivity contribution < 1.29 is 29.0 Å². The number of nitrogens with one attached hydrogen (secondary N) is 3. The van der Waals surface area contributed by atoms with Crippen LogP contribution in [0.2, 0.25) is 0 Å². The van der Waals surface area contributed by atoms with Gasteiger partial charge in [-0.15, -0.1) is 0 Å². The molecule has 4 N–H and O–H groups in total. The van der Waals surface area contributed by atoms with Crippen molar-refractivity contribution in [3.05, 3.63) is 83.9 Å². The SMILES string of the molecule is CC(C)(C)NC(=O)CC1CN(C(=O)OC(C)(C)C)CCN1C[C@@H](O)[C@H](Cc1ccccc1)NC(=O)[C@H](CC#N)NC(=O)c1ccc2ccccc2c1. The first-order valence-corrected chi connectivity index (χ1v) is 17.7. The number of aliphatic hydroxyl groups excluding tert-OH is 1. The summed E-state index contributed by atoms with van der Waals surface area (Å²) in [4.78, 5) is 56.7. The van der Waals surface area contributed by atoms with Crippen LogP contribution in [0.5, 0.6) is 0 Å². The zero-order valence-corrected chi connectivity index (χ0v) is 31.0. The maximum Gasteiger partial charge on any atom is 0.410 e. The van der Waals surface area contributed by atoms with E-state index in [2.05, 4.69) is 16.0 Å². The lowest BCUT2D eigenvalue weighted by Crippen LogP contribution is -2.60. The van der Waals surface area contributed by atoms with Crippen LogP contribution in [-0.4, -0.2) is 100 Å². The number of aliphatic hydroxyl groups is 1. The molecule has 3 aromatic rings. The smallest absolute Gasteiger partial charge is 0.410 e. The summed E-state index contributed by atoms with van der Waals surface area (Å²) in [6, 6.07) is 21.8. The molecule has 0 radical (unpaired) electrons. The maximum absolute atomic E-state index is 13.8. The van der Waals surface area contributed by atoms with E-state index in [9.17, 15) is 29.5 Å². The van der Waals surface area contributed by atoms with Gasteiger partial charge in [-0.2, -0.15) is 5.26 Å². The van der Waals surface area contributed by atoms with Crippen molar-refractivity contribution in [1.29, 1.82) is 5.26 Å². The van der Waals surface area contributed by atoms with Gasteiger partial charge in [0.05, 0.1) is 24.6 Å². The third kappa shape index (κ3) is 12.1. The van der Waals surface area contributed by atoms with Crippen LogP contribution >= 0.6 is 0 Å². The predicted octanol–water partition coefficient (Wildman–Crippen LogP) is 4.17. The Morgan fingerprint density at radius 3 is 2.25 bits per heavy atom. The van der Waals surface area contributed by atoms with E-state index in [-0.39, 0.29) is 38.3 Å². The first-order chi connectivity index (χ1) is 24.5. The molecule has 0 bridgehead atoms. The number of nitrogens with zero attached hydrogens (tertiary/aromatic N) is 3. The highest BCUT2D eigenvalue weighted by Gasteiger charge is 2.36. The average molecular weight is 713 g/mol. The minimum Gasteiger partial charge on any atom is -0.444 e. The maximum atomic E-state index is 13.8. The number of hydrogen-bond donors (Lipinski definition) is 4. The number of amides is 4. The molecule has 278 valence electrons. The Morgan fingerprint density at radius 2 is 1.60 bits per heavy atom. The number of fused-ring (bicyclic) bond motifs is 1. The van der Waals surface area contributed by atoms with Crippen molar-refractivity contribution in [2.75, 3.05) is 26.2 Å². The van der Waals surface area contributed by atoms with Crippen molar-refractivity contribution in [2.24, 2.45) is 0 Å². The molecule has 3 aromatic carbocycles. The standard InChI is InChI=1S/C40H52N6O6/c1-39(2,3)44-35(48)24-31-25-46(38(51)52-40(4,5)6)21-20-45(31)26-34(47)33(22-27-12-8-7-9-13-27)43-37(50)32(18-19-41)42-36(49)30-17-16-28-14-10-11-15-29(28)23-30/h7-17,23,31-34,47H,18,20-22,24-26H2,1-6H3,(H,42,49)(H,43,50)(H,44,48)/t31?,32-,33-,34+/m0/s1. The Kier molecular flexibility index (Phi) is 13.4. The van der Waals surface area contributed by atoms with Gasteiger partial charge < -0.3 is 30.7 Å². The molecule has 12 heteroatoms. The number of piperazine rings is 1. The molecule has 12 nitrogen and oxygen atoms in total. The van der Waals surface area contributed by atoms with Crippen LogP contribution in [0.3, 0.4) is 0 Å². The molecule has 4 amide bonds. The van der Waals surface area contributed by atoms with Gasteiger partial charge in [0, 0.05) is 49.7 Å². The van der Waals surface area contributed by atoms with Crippen LogP contribution in [-0.2, 0) is 20.7 Å². The quantitative estimate of drug-likeness (QED) is 0.218. The second kappa shape index (κ2) is 17.5. The van der Waals surface area contributed by atoms with E-state index in [0.717, 1.165) is 16.3 Å². The van der Waals surface area contributed by atoms with Gasteiger partial charge in [-0.25, -0.2) is 4.79 Å². The van der Waals surface area contributed by atoms with Gasteiger partial charge >= 0.3 is 6.09 Å². The molecular weight excluding hydrogens is 660 g/mol. The Balaban J connectivity index is 1.53. The molecule has 1 aliphatic heterocycles. The van der Waals surface area contributed by atoms with Gasteiger partial charge in [0.1, 0.15) is 11.6 Å². The molecule has 0 aliphatic carbocycles. The molecule has 1 unspecified atom stereocenters. The topological polar surface area (TPSA) is 164 Å². The van der Waals surface area contributed by atoms with E-state index in [1.807, 2.05) is 92.4 Å². The summed E-state index contributed by atoms with van der Waals surface area (Å²) >= 11 is 0. The Bertz CT molecular complexity index is 1740. The van der Waals surface area contributed by atoms with Crippen molar-refractivity contribution >= 4 is 34.6 Å². The number of nitriles is 1. The molecular formula is C40H52N6O6. The Labute approximate surface area is 306 Å². The molecule has 4 rings (SSSR count). The monoisotopic (exact) mass is 712 g/mol. The molecule has 1 aliphatic rings. The fourth-order valence-corrected chi connectivity index (χ4v) is 6.18. The molecule has 0 aromatic heterocycles. The molecule has 0 saturated carbocycles. The van der Waals surface area contributed by atoms with Crippen molar-refractivity contribution in [3.63, 3.8) is 0 Å². The zero-order chi connectivity index (χ0) is 38.1. The fraction of sp³-hybridized carbons (Fsp3) is 0.475. The molecule has 1 fully saturated rings. The molecule has 0 spiro atoms. The normalized spacial score (nSPS) is 17.0. The second-order valence-corrected chi connectivity index (χ2v) is 15.4. The molecule has 4 atom stereocenters. The van der Waals surface area contributed by atoms with E-state index in [1.165, 1.54) is 0 Å². The van der Waals surface area contributed by atoms with Gasteiger partial charge in [0.2, 0.25) is 11.8 Å². The minimum atomic E-state index is -1.18. The fourth-order valence-electron chi connectivity index (χ4n) is 6.18. The van der Waals surface area contributed by atoms with Crippen molar-refractivity contribution in [3.8, 4) is 6.07 Å². The highest BCUT2D eigenvalue weighted by atomic mass is 16.6. The van der Waals surface area contributed by atoms with Gasteiger partial charge in [-0.05, 0) is 76.4 Å². The van der Waals surface area contributed by atoms with E-state index in [4.69, 9.17) is 4.74 Å². The number of hydrogen-bond acceptors (Lipinski definition) is 8. The largest absolute Gasteiger partial charge is 0.444 e. The Morgan fingerprint density at radius 1 is 0.923 bits per heavy atom. The molecule has 1 saturated heterocycles. The summed E-state index contributed by atoms with van der Waals surface area (Å²) < 4.78 is 5.61. The average Bonchev–Trinajstić information content (AvgIpc) is 3.07. The van der Waals surface area contributed by atoms with Crippen LogP contribution in [0.4, 0.5) is 4.79 Å². The van der Waals surface area contributed by atoms with Gasteiger partial charge in [-0.3, -0.25) is 19.3 Å². The van der Waals surface area contributed by atoms with Crippen LogP contribution in [0.25, 0.3) is 10.8 Å². The number of rotatable bonds is 12. The summed E-state index contributed by atoms with van der Waals surface area (Å²) in [5, 5.41) is 31.8. The van der Waals surface area contributed by atoms with E-state index in [0.29, 0.717) is 18.7 Å². The van der Waals surface area contributed by atoms with E-state index >= 15 is 0 Å². The Hall–Kier alpha value is -4.99. The van der Waals surface area contributed by atoms with E-state index in [1.54, 1.807) is 37.8 Å². The summed E-state index contributed by atoms with van der Waals surface area (Å²) in [7, 11) is 0. The lowest BCUT2D eigenvalue weighted by Gasteiger charge is -2.43. The van der Waals surface area contributed by atoms with Crippen LogP contribution < -0.4 is 16.0 Å². The predicted molar refractivity (Wildman–Crippen MR) is 199 cm³/mol. The summed E-state index contributed by atoms with van der Waals surface area (Å²) in [6.07, 6.45) is -1.54. The highest BCUT2D eigenvalue weighted by molar-refractivity contribution is 6.00. The molecule has 52 heavy (non-hydrogen) atoms. The van der Waals surface area contributed by atoms with Crippen molar-refractivity contribution in [1.82, 2.24) is 25.8 Å².